The highest BCUT2D eigenvalue weighted by molar-refractivity contribution is 5.50. The number of nitrogens with zero attached hydrogens (tertiary/aromatic N) is 2. The summed E-state index contributed by atoms with van der Waals surface area (Å²) in [5.74, 6) is 0.672. The fourth-order valence-electron chi connectivity index (χ4n) is 1.88. The van der Waals surface area contributed by atoms with Crippen molar-refractivity contribution in [3.63, 3.8) is 0 Å². The van der Waals surface area contributed by atoms with Crippen molar-refractivity contribution >= 4 is 0 Å². The normalized spacial score (nSPS) is 12.5. The molecule has 0 saturated heterocycles. The molecule has 2 aromatic rings. The fraction of sp³-hybridized carbons (Fsp3) is 0.308. The molecule has 4 nitrogen and oxygen atoms in total. The van der Waals surface area contributed by atoms with Gasteiger partial charge < -0.3 is 9.84 Å². The van der Waals surface area contributed by atoms with Crippen LogP contribution in [-0.4, -0.2) is 22.0 Å². The molecule has 0 radical (unpaired) electrons. The molecule has 2 rings (SSSR count). The van der Waals surface area contributed by atoms with Crippen molar-refractivity contribution in [1.82, 2.24) is 9.78 Å². The van der Waals surface area contributed by atoms with Crippen molar-refractivity contribution in [2.24, 2.45) is 0 Å². The lowest BCUT2D eigenvalue weighted by Gasteiger charge is -2.15. The average molecular weight is 232 g/mol. The van der Waals surface area contributed by atoms with Gasteiger partial charge in [-0.25, -0.2) is 4.68 Å². The van der Waals surface area contributed by atoms with E-state index in [2.05, 4.69) is 5.10 Å². The van der Waals surface area contributed by atoms with Crippen LogP contribution in [0.15, 0.2) is 30.5 Å². The van der Waals surface area contributed by atoms with Crippen molar-refractivity contribution < 1.29 is 9.84 Å². The zero-order valence-corrected chi connectivity index (χ0v) is 10.2. The Bertz CT molecular complexity index is 518. The van der Waals surface area contributed by atoms with Crippen molar-refractivity contribution in [2.45, 2.75) is 20.0 Å². The maximum absolute atomic E-state index is 9.86. The summed E-state index contributed by atoms with van der Waals surface area (Å²) in [7, 11) is 1.60. The first-order valence-corrected chi connectivity index (χ1v) is 5.51. The molecule has 4 heteroatoms. The first-order chi connectivity index (χ1) is 8.13. The second-order valence-corrected chi connectivity index (χ2v) is 3.97. The van der Waals surface area contributed by atoms with E-state index in [1.807, 2.05) is 37.4 Å². The number of aliphatic hydroxyl groups is 1. The zero-order valence-electron chi connectivity index (χ0n) is 10.2. The second kappa shape index (κ2) is 4.59. The molecule has 0 saturated carbocycles. The van der Waals surface area contributed by atoms with Gasteiger partial charge in [-0.3, -0.25) is 0 Å². The molecule has 1 aromatic carbocycles. The lowest BCUT2D eigenvalue weighted by Crippen LogP contribution is -2.05. The largest absolute Gasteiger partial charge is 0.496 e. The Morgan fingerprint density at radius 2 is 2.12 bits per heavy atom. The number of aryl methyl sites for hydroxylation is 1. The summed E-state index contributed by atoms with van der Waals surface area (Å²) in [6.45, 7) is 3.65. The summed E-state index contributed by atoms with van der Waals surface area (Å²) >= 11 is 0. The van der Waals surface area contributed by atoms with E-state index in [9.17, 15) is 5.11 Å². The summed E-state index contributed by atoms with van der Waals surface area (Å²) in [6.07, 6.45) is 1.27. The molecule has 1 N–H and O–H groups in total. The number of hydrogen-bond acceptors (Lipinski definition) is 3. The lowest BCUT2D eigenvalue weighted by atomic mass is 10.1. The van der Waals surface area contributed by atoms with Crippen molar-refractivity contribution in [3.05, 3.63) is 41.7 Å². The fourth-order valence-corrected chi connectivity index (χ4v) is 1.88. The molecule has 90 valence electrons. The standard InChI is InChI=1S/C13H16N2O2/c1-9-7-8-15(14-9)11-5-4-6-12(17-3)13(11)10(2)16/h4-8,10,16H,1-3H3/t10-/m0/s1. The van der Waals surface area contributed by atoms with E-state index in [1.54, 1.807) is 18.7 Å². The van der Waals surface area contributed by atoms with Gasteiger partial charge in [0.2, 0.25) is 0 Å². The van der Waals surface area contributed by atoms with E-state index in [0.717, 1.165) is 16.9 Å². The quantitative estimate of drug-likeness (QED) is 0.882. The van der Waals surface area contributed by atoms with E-state index >= 15 is 0 Å². The van der Waals surface area contributed by atoms with E-state index in [1.165, 1.54) is 0 Å². The summed E-state index contributed by atoms with van der Waals surface area (Å²) in [6, 6.07) is 7.56. The van der Waals surface area contributed by atoms with Gasteiger partial charge in [0.25, 0.3) is 0 Å². The van der Waals surface area contributed by atoms with Crippen LogP contribution in [0.25, 0.3) is 5.69 Å². The van der Waals surface area contributed by atoms with Gasteiger partial charge in [0.05, 0.1) is 24.6 Å². The highest BCUT2D eigenvalue weighted by Gasteiger charge is 2.15. The van der Waals surface area contributed by atoms with Crippen LogP contribution < -0.4 is 4.74 Å². The molecule has 1 heterocycles. The lowest BCUT2D eigenvalue weighted by molar-refractivity contribution is 0.194. The Morgan fingerprint density at radius 3 is 2.65 bits per heavy atom. The average Bonchev–Trinajstić information content (AvgIpc) is 2.74. The van der Waals surface area contributed by atoms with Crippen LogP contribution in [0.3, 0.4) is 0 Å². The minimum absolute atomic E-state index is 0.606. The smallest absolute Gasteiger partial charge is 0.126 e. The highest BCUT2D eigenvalue weighted by atomic mass is 16.5. The third-order valence-corrected chi connectivity index (χ3v) is 2.65. The Morgan fingerprint density at radius 1 is 1.35 bits per heavy atom. The molecule has 0 spiro atoms. The van der Waals surface area contributed by atoms with Gasteiger partial charge in [0.15, 0.2) is 0 Å². The molecular formula is C13H16N2O2. The summed E-state index contributed by atoms with van der Waals surface area (Å²) in [5.41, 5.74) is 2.52. The molecule has 1 atom stereocenters. The van der Waals surface area contributed by atoms with Gasteiger partial charge in [0, 0.05) is 11.8 Å². The molecule has 0 aliphatic heterocycles. The third kappa shape index (κ3) is 2.17. The monoisotopic (exact) mass is 232 g/mol. The van der Waals surface area contributed by atoms with Gasteiger partial charge in [-0.05, 0) is 32.0 Å². The molecule has 0 unspecified atom stereocenters. The molecule has 0 amide bonds. The van der Waals surface area contributed by atoms with Gasteiger partial charge in [-0.2, -0.15) is 5.10 Å². The van der Waals surface area contributed by atoms with E-state index < -0.39 is 6.10 Å². The van der Waals surface area contributed by atoms with Crippen LogP contribution in [0.1, 0.15) is 24.3 Å². The summed E-state index contributed by atoms with van der Waals surface area (Å²) in [5, 5.41) is 14.2. The Hall–Kier alpha value is -1.81. The van der Waals surface area contributed by atoms with Crippen LogP contribution in [0.2, 0.25) is 0 Å². The Kier molecular flexibility index (Phi) is 3.15. The number of methoxy groups -OCH3 is 1. The van der Waals surface area contributed by atoms with E-state index in [-0.39, 0.29) is 0 Å². The van der Waals surface area contributed by atoms with E-state index in [0.29, 0.717) is 5.75 Å². The minimum Gasteiger partial charge on any atom is -0.496 e. The van der Waals surface area contributed by atoms with Crippen LogP contribution >= 0.6 is 0 Å². The van der Waals surface area contributed by atoms with Crippen molar-refractivity contribution in [2.75, 3.05) is 7.11 Å². The number of rotatable bonds is 3. The molecule has 17 heavy (non-hydrogen) atoms. The summed E-state index contributed by atoms with van der Waals surface area (Å²) in [4.78, 5) is 0. The Labute approximate surface area is 100 Å². The van der Waals surface area contributed by atoms with E-state index in [4.69, 9.17) is 4.74 Å². The minimum atomic E-state index is -0.606. The number of aliphatic hydroxyl groups excluding tert-OH is 1. The Balaban J connectivity index is 2.60. The predicted molar refractivity (Wildman–Crippen MR) is 65.5 cm³/mol. The molecule has 0 bridgehead atoms. The number of aromatic nitrogens is 2. The van der Waals surface area contributed by atoms with Crippen LogP contribution in [0.5, 0.6) is 5.75 Å². The SMILES string of the molecule is COc1cccc(-n2ccc(C)n2)c1[C@H](C)O. The number of benzene rings is 1. The van der Waals surface area contributed by atoms with Crippen LogP contribution in [0, 0.1) is 6.92 Å². The maximum atomic E-state index is 9.86. The van der Waals surface area contributed by atoms with Gasteiger partial charge in [-0.1, -0.05) is 6.07 Å². The molecule has 0 aliphatic carbocycles. The predicted octanol–water partition coefficient (Wildman–Crippen LogP) is 2.24. The topological polar surface area (TPSA) is 47.3 Å². The first-order valence-electron chi connectivity index (χ1n) is 5.51. The third-order valence-electron chi connectivity index (χ3n) is 2.65. The molecule has 0 fully saturated rings. The van der Waals surface area contributed by atoms with Crippen molar-refractivity contribution in [1.29, 1.82) is 0 Å². The second-order valence-electron chi connectivity index (χ2n) is 3.97. The van der Waals surface area contributed by atoms with Gasteiger partial charge in [-0.15, -0.1) is 0 Å². The van der Waals surface area contributed by atoms with Crippen LogP contribution in [-0.2, 0) is 0 Å². The molecule has 1 aromatic heterocycles. The summed E-state index contributed by atoms with van der Waals surface area (Å²) < 4.78 is 7.02. The maximum Gasteiger partial charge on any atom is 0.126 e. The molecule has 0 aliphatic rings. The number of hydrogen-bond donors (Lipinski definition) is 1. The highest BCUT2D eigenvalue weighted by Crippen LogP contribution is 2.30. The van der Waals surface area contributed by atoms with Gasteiger partial charge >= 0.3 is 0 Å². The van der Waals surface area contributed by atoms with Crippen LogP contribution in [0.4, 0.5) is 0 Å². The first kappa shape index (κ1) is 11.7. The van der Waals surface area contributed by atoms with Gasteiger partial charge in [0.1, 0.15) is 5.75 Å². The zero-order chi connectivity index (χ0) is 12.4. The van der Waals surface area contributed by atoms with Crippen molar-refractivity contribution in [3.8, 4) is 11.4 Å². The number of ether oxygens (including phenoxy) is 1. The molecular weight excluding hydrogens is 216 g/mol.